The quantitative estimate of drug-likeness (QED) is 0.396. The first-order valence-electron chi connectivity index (χ1n) is 3.03. The molecule has 54 valence electrons. The molecule has 1 nitrogen and oxygen atoms in total. The lowest BCUT2D eigenvalue weighted by atomic mass is 10.5. The van der Waals surface area contributed by atoms with Gasteiger partial charge in [0.2, 0.25) is 0 Å². The van der Waals surface area contributed by atoms with Gasteiger partial charge in [-0.1, -0.05) is 35.6 Å². The van der Waals surface area contributed by atoms with Crippen LogP contribution in [0.4, 0.5) is 0 Å². The van der Waals surface area contributed by atoms with Crippen LogP contribution in [0.25, 0.3) is 0 Å². The van der Waals surface area contributed by atoms with Gasteiger partial charge in [0, 0.05) is 10.9 Å². The molecule has 0 saturated heterocycles. The average Bonchev–Trinajstić information content (AvgIpc) is 1.65. The number of hydrogen-bond donors (Lipinski definition) is 0. The van der Waals surface area contributed by atoms with Crippen LogP contribution in [-0.2, 0) is 4.79 Å². The van der Waals surface area contributed by atoms with Crippen LogP contribution in [0.15, 0.2) is 0 Å². The van der Waals surface area contributed by atoms with Gasteiger partial charge >= 0.3 is 0 Å². The topological polar surface area (TPSA) is 17.1 Å². The summed E-state index contributed by atoms with van der Waals surface area (Å²) in [6.07, 6.45) is 1.07. The highest BCUT2D eigenvalue weighted by Gasteiger charge is 2.24. The fourth-order valence-electron chi connectivity index (χ4n) is 0.472. The molecule has 0 spiro atoms. The molecule has 0 heterocycles. The van der Waals surface area contributed by atoms with Crippen LogP contribution in [0.5, 0.6) is 0 Å². The lowest BCUT2D eigenvalue weighted by Gasteiger charge is -2.20. The van der Waals surface area contributed by atoms with Crippen molar-refractivity contribution in [3.63, 3.8) is 0 Å². The molecular formula is C6H13BrOSi. The maximum atomic E-state index is 10.4. The molecule has 0 aliphatic carbocycles. The maximum Gasteiger partial charge on any atom is 0.121 e. The zero-order valence-electron chi connectivity index (χ0n) is 6.15. The number of hydrogen-bond acceptors (Lipinski definition) is 1. The average molecular weight is 209 g/mol. The normalized spacial score (nSPS) is 15.1. The Labute approximate surface area is 66.0 Å². The van der Waals surface area contributed by atoms with E-state index in [1.54, 1.807) is 0 Å². The van der Waals surface area contributed by atoms with Gasteiger partial charge < -0.3 is 4.79 Å². The van der Waals surface area contributed by atoms with Crippen LogP contribution in [-0.4, -0.2) is 19.7 Å². The van der Waals surface area contributed by atoms with Crippen LogP contribution >= 0.6 is 15.9 Å². The van der Waals surface area contributed by atoms with Crippen LogP contribution in [0, 0.1) is 0 Å². The molecule has 0 aromatic heterocycles. The van der Waals surface area contributed by atoms with Gasteiger partial charge in [-0.2, -0.15) is 0 Å². The second kappa shape index (κ2) is 3.51. The third-order valence-corrected chi connectivity index (χ3v) is 5.30. The van der Waals surface area contributed by atoms with E-state index >= 15 is 0 Å². The van der Waals surface area contributed by atoms with Crippen molar-refractivity contribution in [1.82, 2.24) is 0 Å². The molecule has 9 heavy (non-hydrogen) atoms. The van der Waals surface area contributed by atoms with Crippen LogP contribution < -0.4 is 0 Å². The summed E-state index contributed by atoms with van der Waals surface area (Å²) in [5.41, 5.74) is 0.275. The Morgan fingerprint density at radius 1 is 1.56 bits per heavy atom. The molecule has 0 aliphatic rings. The highest BCUT2D eigenvalue weighted by molar-refractivity contribution is 9.09. The Hall–Kier alpha value is 0.367. The number of rotatable bonds is 3. The summed E-state index contributed by atoms with van der Waals surface area (Å²) in [5, 5.41) is 0.826. The summed E-state index contributed by atoms with van der Waals surface area (Å²) < 4.78 is 0. The molecule has 0 fully saturated rings. The van der Waals surface area contributed by atoms with E-state index in [0.29, 0.717) is 0 Å². The maximum absolute atomic E-state index is 10.4. The predicted molar refractivity (Wildman–Crippen MR) is 47.0 cm³/mol. The fraction of sp³-hybridized carbons (Fsp3) is 0.833. The Morgan fingerprint density at radius 2 is 2.00 bits per heavy atom. The number of carbonyl (C=O) groups excluding carboxylic acids is 1. The van der Waals surface area contributed by atoms with Crippen LogP contribution in [0.3, 0.4) is 0 Å². The summed E-state index contributed by atoms with van der Waals surface area (Å²) in [7, 11) is -1.20. The van der Waals surface area contributed by atoms with Crippen molar-refractivity contribution < 1.29 is 4.79 Å². The van der Waals surface area contributed by atoms with Gasteiger partial charge in [0.1, 0.15) is 6.29 Å². The zero-order valence-corrected chi connectivity index (χ0v) is 8.73. The number of alkyl halides is 1. The monoisotopic (exact) mass is 208 g/mol. The Morgan fingerprint density at radius 3 is 2.00 bits per heavy atom. The van der Waals surface area contributed by atoms with Crippen molar-refractivity contribution >= 4 is 30.3 Å². The number of carbonyl (C=O) groups is 1. The van der Waals surface area contributed by atoms with Crippen molar-refractivity contribution in [3.8, 4) is 0 Å². The van der Waals surface area contributed by atoms with Crippen molar-refractivity contribution in [2.75, 3.05) is 5.33 Å². The van der Waals surface area contributed by atoms with Crippen molar-refractivity contribution in [2.45, 2.75) is 25.2 Å². The molecule has 0 saturated carbocycles. The van der Waals surface area contributed by atoms with Gasteiger partial charge in [-0.15, -0.1) is 0 Å². The third kappa shape index (κ3) is 3.16. The fourth-order valence-corrected chi connectivity index (χ4v) is 4.41. The second-order valence-electron chi connectivity index (χ2n) is 3.26. The predicted octanol–water partition coefficient (Wildman–Crippen LogP) is 2.29. The number of aldehydes is 1. The van der Waals surface area contributed by atoms with E-state index in [1.807, 2.05) is 0 Å². The minimum atomic E-state index is -1.20. The largest absolute Gasteiger partial charge is 0.303 e. The third-order valence-electron chi connectivity index (χ3n) is 1.44. The second-order valence-corrected chi connectivity index (χ2v) is 9.38. The smallest absolute Gasteiger partial charge is 0.121 e. The zero-order chi connectivity index (χ0) is 7.49. The van der Waals surface area contributed by atoms with Crippen LogP contribution in [0.2, 0.25) is 25.2 Å². The minimum Gasteiger partial charge on any atom is -0.303 e. The molecule has 1 unspecified atom stereocenters. The molecule has 0 aliphatic heterocycles. The van der Waals surface area contributed by atoms with Gasteiger partial charge in [0.25, 0.3) is 0 Å². The van der Waals surface area contributed by atoms with Gasteiger partial charge in [-0.05, 0) is 0 Å². The molecule has 0 aromatic carbocycles. The van der Waals surface area contributed by atoms with Gasteiger partial charge in [-0.3, -0.25) is 0 Å². The summed E-state index contributed by atoms with van der Waals surface area (Å²) in [6, 6.07) is 0. The summed E-state index contributed by atoms with van der Waals surface area (Å²) in [5.74, 6) is 0. The summed E-state index contributed by atoms with van der Waals surface area (Å²) in [6.45, 7) is 6.61. The van der Waals surface area contributed by atoms with E-state index in [0.717, 1.165) is 11.6 Å². The van der Waals surface area contributed by atoms with Gasteiger partial charge in [-0.25, -0.2) is 0 Å². The van der Waals surface area contributed by atoms with Gasteiger partial charge in [0.05, 0.1) is 8.07 Å². The van der Waals surface area contributed by atoms with Crippen molar-refractivity contribution in [3.05, 3.63) is 0 Å². The minimum absolute atomic E-state index is 0.275. The summed E-state index contributed by atoms with van der Waals surface area (Å²) in [4.78, 5) is 10.4. The molecule has 3 heteroatoms. The van der Waals surface area contributed by atoms with E-state index in [4.69, 9.17) is 0 Å². The highest BCUT2D eigenvalue weighted by atomic mass is 79.9. The Bertz CT molecular complexity index is 97.7. The molecule has 1 atom stereocenters. The van der Waals surface area contributed by atoms with E-state index < -0.39 is 8.07 Å². The molecule has 0 amide bonds. The Kier molecular flexibility index (Phi) is 3.66. The Balaban J connectivity index is 3.94. The van der Waals surface area contributed by atoms with Crippen molar-refractivity contribution in [1.29, 1.82) is 0 Å². The molecule has 0 rings (SSSR count). The number of halogens is 1. The van der Waals surface area contributed by atoms with Crippen molar-refractivity contribution in [2.24, 2.45) is 0 Å². The van der Waals surface area contributed by atoms with E-state index in [-0.39, 0.29) is 5.54 Å². The SMILES string of the molecule is C[Si](C)(C)C(C=O)CBr. The molecule has 0 aromatic rings. The first-order chi connectivity index (χ1) is 4.02. The van der Waals surface area contributed by atoms with Gasteiger partial charge in [0.15, 0.2) is 0 Å². The van der Waals surface area contributed by atoms with E-state index in [9.17, 15) is 4.79 Å². The first kappa shape index (κ1) is 9.37. The highest BCUT2D eigenvalue weighted by Crippen LogP contribution is 2.20. The lowest BCUT2D eigenvalue weighted by Crippen LogP contribution is -2.30. The molecule has 0 radical (unpaired) electrons. The molecule has 0 N–H and O–H groups in total. The van der Waals surface area contributed by atoms with E-state index in [2.05, 4.69) is 35.6 Å². The lowest BCUT2D eigenvalue weighted by molar-refractivity contribution is -0.107. The standard InChI is InChI=1S/C6H13BrOSi/c1-9(2,3)6(4-7)5-8/h5-6H,4H2,1-3H3. The first-order valence-corrected chi connectivity index (χ1v) is 7.73. The van der Waals surface area contributed by atoms with E-state index in [1.165, 1.54) is 0 Å². The molecular weight excluding hydrogens is 196 g/mol. The molecule has 0 bridgehead atoms. The van der Waals surface area contributed by atoms with Crippen LogP contribution in [0.1, 0.15) is 0 Å². The summed E-state index contributed by atoms with van der Waals surface area (Å²) >= 11 is 3.32.